The van der Waals surface area contributed by atoms with Crippen LogP contribution in [-0.4, -0.2) is 11.0 Å². The maximum Gasteiger partial charge on any atom is 0.228 e. The van der Waals surface area contributed by atoms with Crippen LogP contribution in [0.5, 0.6) is 0 Å². The Bertz CT molecular complexity index is 132. The molecule has 58 valence electrons. The molecule has 0 rings (SSSR count). The predicted octanol–water partition coefficient (Wildman–Crippen LogP) is 2.01. The van der Waals surface area contributed by atoms with Gasteiger partial charge in [0, 0.05) is 11.8 Å². The van der Waals surface area contributed by atoms with Gasteiger partial charge in [0.25, 0.3) is 0 Å². The number of allylic oxidation sites excluding steroid dienone is 1. The number of unbranched alkanes of at least 4 members (excludes halogenated alkanes) is 1. The number of rotatable bonds is 4. The normalized spacial score (nSPS) is 13.8. The van der Waals surface area contributed by atoms with Crippen LogP contribution < -0.4 is 0 Å². The van der Waals surface area contributed by atoms with E-state index in [2.05, 4.69) is 0 Å². The van der Waals surface area contributed by atoms with E-state index in [1.807, 2.05) is 13.0 Å². The molecule has 0 aliphatic rings. The number of hydrogen-bond donors (Lipinski definition) is 0. The van der Waals surface area contributed by atoms with Crippen LogP contribution in [0.4, 0.5) is 0 Å². The summed E-state index contributed by atoms with van der Waals surface area (Å²) in [6, 6.07) is -0.536. The standard InChI is InChI=1S/C7H13NO2/c1-3-4-5-6-7(2)8(9)10/h5-7H,3-4H2,1-2H3. The molecule has 10 heavy (non-hydrogen) atoms. The molecular formula is C7H13NO2. The van der Waals surface area contributed by atoms with Crippen LogP contribution in [0.2, 0.25) is 0 Å². The number of nitrogens with zero attached hydrogens (tertiary/aromatic N) is 1. The Kier molecular flexibility index (Phi) is 4.54. The van der Waals surface area contributed by atoms with Crippen molar-refractivity contribution in [2.45, 2.75) is 32.7 Å². The molecule has 0 heterocycles. The van der Waals surface area contributed by atoms with Gasteiger partial charge < -0.3 is 0 Å². The van der Waals surface area contributed by atoms with Gasteiger partial charge in [-0.25, -0.2) is 0 Å². The summed E-state index contributed by atoms with van der Waals surface area (Å²) in [6.45, 7) is 3.62. The van der Waals surface area contributed by atoms with Crippen molar-refractivity contribution in [1.29, 1.82) is 0 Å². The molecule has 0 aliphatic heterocycles. The SMILES string of the molecule is CCCC=CC(C)[N+](=O)[O-]. The van der Waals surface area contributed by atoms with Crippen molar-refractivity contribution in [2.24, 2.45) is 0 Å². The molecule has 0 aromatic rings. The molecule has 0 spiro atoms. The first kappa shape index (κ1) is 9.14. The topological polar surface area (TPSA) is 43.1 Å². The third-order valence-corrected chi connectivity index (χ3v) is 1.20. The Morgan fingerprint density at radius 3 is 2.70 bits per heavy atom. The molecule has 3 heteroatoms. The first-order valence-corrected chi connectivity index (χ1v) is 3.48. The molecule has 0 radical (unpaired) electrons. The van der Waals surface area contributed by atoms with E-state index < -0.39 is 6.04 Å². The summed E-state index contributed by atoms with van der Waals surface area (Å²) in [5, 5.41) is 10.0. The minimum atomic E-state index is -0.536. The monoisotopic (exact) mass is 143 g/mol. The van der Waals surface area contributed by atoms with Crippen molar-refractivity contribution >= 4 is 0 Å². The van der Waals surface area contributed by atoms with Crippen LogP contribution in [0.15, 0.2) is 12.2 Å². The molecule has 3 nitrogen and oxygen atoms in total. The molecule has 0 saturated heterocycles. The van der Waals surface area contributed by atoms with E-state index in [1.165, 1.54) is 0 Å². The van der Waals surface area contributed by atoms with Crippen molar-refractivity contribution in [2.75, 3.05) is 0 Å². The van der Waals surface area contributed by atoms with Crippen molar-refractivity contribution in [3.8, 4) is 0 Å². The molecule has 0 aromatic heterocycles. The fraction of sp³-hybridized carbons (Fsp3) is 0.714. The third-order valence-electron chi connectivity index (χ3n) is 1.20. The number of nitro groups is 1. The second kappa shape index (κ2) is 4.97. The smallest absolute Gasteiger partial charge is 0.228 e. The molecule has 0 fully saturated rings. The summed E-state index contributed by atoms with van der Waals surface area (Å²) in [5.74, 6) is 0. The second-order valence-corrected chi connectivity index (χ2v) is 2.24. The highest BCUT2D eigenvalue weighted by Gasteiger charge is 2.04. The Morgan fingerprint density at radius 1 is 1.70 bits per heavy atom. The summed E-state index contributed by atoms with van der Waals surface area (Å²) in [6.07, 6.45) is 5.45. The summed E-state index contributed by atoms with van der Waals surface area (Å²) in [4.78, 5) is 9.75. The predicted molar refractivity (Wildman–Crippen MR) is 40.5 cm³/mol. The Labute approximate surface area is 60.9 Å². The summed E-state index contributed by atoms with van der Waals surface area (Å²) < 4.78 is 0. The summed E-state index contributed by atoms with van der Waals surface area (Å²) in [5.41, 5.74) is 0. The Balaban J connectivity index is 3.55. The first-order chi connectivity index (χ1) is 4.68. The Morgan fingerprint density at radius 2 is 2.30 bits per heavy atom. The summed E-state index contributed by atoms with van der Waals surface area (Å²) >= 11 is 0. The fourth-order valence-electron chi connectivity index (χ4n) is 0.530. The highest BCUT2D eigenvalue weighted by atomic mass is 16.6. The van der Waals surface area contributed by atoms with E-state index >= 15 is 0 Å². The van der Waals surface area contributed by atoms with Crippen molar-refractivity contribution in [3.05, 3.63) is 22.3 Å². The fourth-order valence-corrected chi connectivity index (χ4v) is 0.530. The molecule has 0 N–H and O–H groups in total. The summed E-state index contributed by atoms with van der Waals surface area (Å²) in [7, 11) is 0. The van der Waals surface area contributed by atoms with E-state index in [1.54, 1.807) is 13.0 Å². The van der Waals surface area contributed by atoms with Crippen LogP contribution in [0.1, 0.15) is 26.7 Å². The van der Waals surface area contributed by atoms with E-state index in [0.29, 0.717) is 0 Å². The van der Waals surface area contributed by atoms with Gasteiger partial charge in [-0.05, 0) is 12.5 Å². The van der Waals surface area contributed by atoms with E-state index in [4.69, 9.17) is 0 Å². The third kappa shape index (κ3) is 4.06. The lowest BCUT2D eigenvalue weighted by molar-refractivity contribution is -0.504. The van der Waals surface area contributed by atoms with Gasteiger partial charge in [-0.3, -0.25) is 10.1 Å². The van der Waals surface area contributed by atoms with Gasteiger partial charge in [0.05, 0.1) is 0 Å². The highest BCUT2D eigenvalue weighted by Crippen LogP contribution is 1.94. The van der Waals surface area contributed by atoms with Crippen LogP contribution in [0.25, 0.3) is 0 Å². The largest absolute Gasteiger partial charge is 0.264 e. The first-order valence-electron chi connectivity index (χ1n) is 3.48. The molecule has 1 unspecified atom stereocenters. The van der Waals surface area contributed by atoms with Crippen molar-refractivity contribution < 1.29 is 4.92 Å². The van der Waals surface area contributed by atoms with Crippen molar-refractivity contribution in [3.63, 3.8) is 0 Å². The lowest BCUT2D eigenvalue weighted by atomic mass is 10.2. The highest BCUT2D eigenvalue weighted by molar-refractivity contribution is 4.85. The van der Waals surface area contributed by atoms with Crippen LogP contribution in [0, 0.1) is 10.1 Å². The van der Waals surface area contributed by atoms with Gasteiger partial charge >= 0.3 is 0 Å². The van der Waals surface area contributed by atoms with Gasteiger partial charge in [-0.1, -0.05) is 19.4 Å². The number of hydrogen-bond acceptors (Lipinski definition) is 2. The zero-order valence-corrected chi connectivity index (χ0v) is 6.41. The van der Waals surface area contributed by atoms with E-state index in [9.17, 15) is 10.1 Å². The maximum absolute atomic E-state index is 10.0. The molecule has 0 aliphatic carbocycles. The van der Waals surface area contributed by atoms with Gasteiger partial charge in [-0.15, -0.1) is 0 Å². The molecule has 1 atom stereocenters. The van der Waals surface area contributed by atoms with Gasteiger partial charge in [-0.2, -0.15) is 0 Å². The van der Waals surface area contributed by atoms with Crippen molar-refractivity contribution in [1.82, 2.24) is 0 Å². The minimum absolute atomic E-state index is 0.299. The van der Waals surface area contributed by atoms with Crippen LogP contribution in [0.3, 0.4) is 0 Å². The average Bonchev–Trinajstić information content (AvgIpc) is 1.88. The van der Waals surface area contributed by atoms with Crippen LogP contribution in [-0.2, 0) is 0 Å². The zero-order chi connectivity index (χ0) is 7.98. The maximum atomic E-state index is 10.0. The zero-order valence-electron chi connectivity index (χ0n) is 6.41. The van der Waals surface area contributed by atoms with Gasteiger partial charge in [0.2, 0.25) is 6.04 Å². The van der Waals surface area contributed by atoms with E-state index in [-0.39, 0.29) is 4.92 Å². The quantitative estimate of drug-likeness (QED) is 0.343. The average molecular weight is 143 g/mol. The van der Waals surface area contributed by atoms with Crippen LogP contribution >= 0.6 is 0 Å². The Hall–Kier alpha value is -0.860. The second-order valence-electron chi connectivity index (χ2n) is 2.24. The molecule has 0 saturated carbocycles. The molecule has 0 amide bonds. The van der Waals surface area contributed by atoms with Gasteiger partial charge in [0.1, 0.15) is 0 Å². The lowest BCUT2D eigenvalue weighted by Crippen LogP contribution is -2.10. The molecule has 0 aromatic carbocycles. The van der Waals surface area contributed by atoms with E-state index in [0.717, 1.165) is 12.8 Å². The minimum Gasteiger partial charge on any atom is -0.264 e. The van der Waals surface area contributed by atoms with Gasteiger partial charge in [0.15, 0.2) is 0 Å². The molecule has 0 bridgehead atoms. The molecular weight excluding hydrogens is 130 g/mol. The lowest BCUT2D eigenvalue weighted by Gasteiger charge is -1.93.